The Kier molecular flexibility index (Phi) is 7.82. The lowest BCUT2D eigenvalue weighted by Gasteiger charge is -2.24. The molecule has 1 N–H and O–H groups in total. The first kappa shape index (κ1) is 16.2. The average Bonchev–Trinajstić information content (AvgIpc) is 2.88. The standard InChI is InChI=1S/C14H30N4O/c1-5-17(6-2)10-8-16-14(15-3)18-9-7-13(11-18)12-19-4/h13H,5-12H2,1-4H3,(H,15,16). The van der Waals surface area contributed by atoms with Gasteiger partial charge in [-0.3, -0.25) is 4.99 Å². The summed E-state index contributed by atoms with van der Waals surface area (Å²) in [5, 5.41) is 3.47. The molecule has 0 bridgehead atoms. The van der Waals surface area contributed by atoms with Crippen LogP contribution in [0.25, 0.3) is 0 Å². The zero-order valence-electron chi connectivity index (χ0n) is 13.0. The molecule has 1 unspecified atom stereocenters. The van der Waals surface area contributed by atoms with Gasteiger partial charge in [-0.2, -0.15) is 0 Å². The van der Waals surface area contributed by atoms with E-state index in [4.69, 9.17) is 4.74 Å². The fourth-order valence-corrected chi connectivity index (χ4v) is 2.59. The molecular formula is C14H30N4O. The summed E-state index contributed by atoms with van der Waals surface area (Å²) in [4.78, 5) is 9.14. The summed E-state index contributed by atoms with van der Waals surface area (Å²) in [6.45, 7) is 11.6. The molecule has 1 rings (SSSR count). The van der Waals surface area contributed by atoms with Crippen LogP contribution < -0.4 is 5.32 Å². The summed E-state index contributed by atoms with van der Waals surface area (Å²) in [7, 11) is 3.64. The molecule has 0 aromatic carbocycles. The Morgan fingerprint density at radius 2 is 2.16 bits per heavy atom. The van der Waals surface area contributed by atoms with Crippen molar-refractivity contribution in [2.75, 3.05) is 60.0 Å². The maximum absolute atomic E-state index is 5.24. The highest BCUT2D eigenvalue weighted by Gasteiger charge is 2.24. The van der Waals surface area contributed by atoms with Crippen molar-refractivity contribution in [3.05, 3.63) is 0 Å². The van der Waals surface area contributed by atoms with Gasteiger partial charge < -0.3 is 19.9 Å². The van der Waals surface area contributed by atoms with Crippen molar-refractivity contribution in [3.8, 4) is 0 Å². The van der Waals surface area contributed by atoms with Crippen molar-refractivity contribution in [1.29, 1.82) is 0 Å². The van der Waals surface area contributed by atoms with Crippen molar-refractivity contribution in [1.82, 2.24) is 15.1 Å². The summed E-state index contributed by atoms with van der Waals surface area (Å²) in [6, 6.07) is 0. The average molecular weight is 270 g/mol. The number of hydrogen-bond acceptors (Lipinski definition) is 3. The van der Waals surface area contributed by atoms with Gasteiger partial charge >= 0.3 is 0 Å². The molecule has 0 saturated carbocycles. The largest absolute Gasteiger partial charge is 0.384 e. The lowest BCUT2D eigenvalue weighted by Crippen LogP contribution is -2.43. The molecule has 0 aromatic rings. The van der Waals surface area contributed by atoms with Gasteiger partial charge in [0.05, 0.1) is 6.61 Å². The molecular weight excluding hydrogens is 240 g/mol. The second kappa shape index (κ2) is 9.15. The van der Waals surface area contributed by atoms with Crippen LogP contribution in [0.4, 0.5) is 0 Å². The molecule has 1 aliphatic heterocycles. The highest BCUT2D eigenvalue weighted by atomic mass is 16.5. The number of likely N-dealkylation sites (N-methyl/N-ethyl adjacent to an activating group) is 1. The normalized spacial score (nSPS) is 20.4. The molecule has 1 aliphatic rings. The molecule has 1 fully saturated rings. The Balaban J connectivity index is 2.31. The smallest absolute Gasteiger partial charge is 0.193 e. The Morgan fingerprint density at radius 3 is 2.74 bits per heavy atom. The van der Waals surface area contributed by atoms with Gasteiger partial charge in [0.25, 0.3) is 0 Å². The van der Waals surface area contributed by atoms with Crippen LogP contribution in [0, 0.1) is 5.92 Å². The SMILES string of the molecule is CCN(CC)CCNC(=NC)N1CCC(COC)C1. The van der Waals surface area contributed by atoms with Gasteiger partial charge in [0.2, 0.25) is 0 Å². The molecule has 19 heavy (non-hydrogen) atoms. The zero-order valence-corrected chi connectivity index (χ0v) is 13.0. The van der Waals surface area contributed by atoms with E-state index >= 15 is 0 Å². The van der Waals surface area contributed by atoms with Gasteiger partial charge in [-0.1, -0.05) is 13.8 Å². The van der Waals surface area contributed by atoms with Crippen LogP contribution >= 0.6 is 0 Å². The number of nitrogens with one attached hydrogen (secondary N) is 1. The number of nitrogens with zero attached hydrogens (tertiary/aromatic N) is 3. The Bertz CT molecular complexity index is 266. The number of hydrogen-bond donors (Lipinski definition) is 1. The summed E-state index contributed by atoms with van der Waals surface area (Å²) in [5.41, 5.74) is 0. The van der Waals surface area contributed by atoms with Crippen LogP contribution in [-0.4, -0.2) is 75.8 Å². The maximum Gasteiger partial charge on any atom is 0.193 e. The van der Waals surface area contributed by atoms with Crippen molar-refractivity contribution < 1.29 is 4.74 Å². The fourth-order valence-electron chi connectivity index (χ4n) is 2.59. The number of likely N-dealkylation sites (tertiary alicyclic amines) is 1. The molecule has 0 aliphatic carbocycles. The molecule has 5 heteroatoms. The van der Waals surface area contributed by atoms with Gasteiger partial charge in [0, 0.05) is 46.3 Å². The molecule has 1 saturated heterocycles. The minimum atomic E-state index is 0.645. The molecule has 1 atom stereocenters. The molecule has 5 nitrogen and oxygen atoms in total. The topological polar surface area (TPSA) is 40.1 Å². The lowest BCUT2D eigenvalue weighted by atomic mass is 10.1. The van der Waals surface area contributed by atoms with E-state index in [1.165, 1.54) is 6.42 Å². The quantitative estimate of drug-likeness (QED) is 0.550. The first-order valence-corrected chi connectivity index (χ1v) is 7.42. The van der Waals surface area contributed by atoms with E-state index < -0.39 is 0 Å². The van der Waals surface area contributed by atoms with Crippen molar-refractivity contribution in [3.63, 3.8) is 0 Å². The van der Waals surface area contributed by atoms with Crippen LogP contribution in [0.1, 0.15) is 20.3 Å². The number of rotatable bonds is 7. The summed E-state index contributed by atoms with van der Waals surface area (Å²) < 4.78 is 5.24. The van der Waals surface area contributed by atoms with Gasteiger partial charge in [-0.05, 0) is 19.5 Å². The second-order valence-corrected chi connectivity index (χ2v) is 5.06. The van der Waals surface area contributed by atoms with Crippen LogP contribution in [0.2, 0.25) is 0 Å². The summed E-state index contributed by atoms with van der Waals surface area (Å²) in [5.74, 6) is 1.68. The van der Waals surface area contributed by atoms with Gasteiger partial charge in [-0.15, -0.1) is 0 Å². The van der Waals surface area contributed by atoms with Crippen molar-refractivity contribution in [2.24, 2.45) is 10.9 Å². The molecule has 0 spiro atoms. The van der Waals surface area contributed by atoms with Crippen LogP contribution in [0.3, 0.4) is 0 Å². The van der Waals surface area contributed by atoms with Crippen molar-refractivity contribution >= 4 is 5.96 Å². The third kappa shape index (κ3) is 5.37. The minimum Gasteiger partial charge on any atom is -0.384 e. The number of aliphatic imine (C=N–C) groups is 1. The van der Waals surface area contributed by atoms with Crippen LogP contribution in [0.5, 0.6) is 0 Å². The number of guanidine groups is 1. The van der Waals surface area contributed by atoms with E-state index in [9.17, 15) is 0 Å². The monoisotopic (exact) mass is 270 g/mol. The van der Waals surface area contributed by atoms with Gasteiger partial charge in [0.15, 0.2) is 5.96 Å². The number of ether oxygens (including phenoxy) is 1. The lowest BCUT2D eigenvalue weighted by molar-refractivity contribution is 0.157. The molecule has 0 aromatic heterocycles. The highest BCUT2D eigenvalue weighted by molar-refractivity contribution is 5.80. The van der Waals surface area contributed by atoms with Gasteiger partial charge in [-0.25, -0.2) is 0 Å². The molecule has 0 radical (unpaired) electrons. The van der Waals surface area contributed by atoms with E-state index in [1.807, 2.05) is 7.05 Å². The van der Waals surface area contributed by atoms with E-state index in [2.05, 4.69) is 34.0 Å². The summed E-state index contributed by atoms with van der Waals surface area (Å²) >= 11 is 0. The Labute approximate surface area is 118 Å². The summed E-state index contributed by atoms with van der Waals surface area (Å²) in [6.07, 6.45) is 1.20. The van der Waals surface area contributed by atoms with E-state index in [0.717, 1.165) is 51.8 Å². The number of methoxy groups -OCH3 is 1. The van der Waals surface area contributed by atoms with Crippen LogP contribution in [0.15, 0.2) is 4.99 Å². The van der Waals surface area contributed by atoms with Crippen LogP contribution in [-0.2, 0) is 4.74 Å². The van der Waals surface area contributed by atoms with E-state index in [1.54, 1.807) is 7.11 Å². The predicted molar refractivity (Wildman–Crippen MR) is 80.7 cm³/mol. The third-order valence-electron chi connectivity index (χ3n) is 3.81. The molecule has 1 heterocycles. The molecule has 112 valence electrons. The predicted octanol–water partition coefficient (Wildman–Crippen LogP) is 0.872. The maximum atomic E-state index is 5.24. The minimum absolute atomic E-state index is 0.645. The fraction of sp³-hybridized carbons (Fsp3) is 0.929. The molecule has 0 amide bonds. The zero-order chi connectivity index (χ0) is 14.1. The van der Waals surface area contributed by atoms with E-state index in [0.29, 0.717) is 5.92 Å². The third-order valence-corrected chi connectivity index (χ3v) is 3.81. The van der Waals surface area contributed by atoms with E-state index in [-0.39, 0.29) is 0 Å². The van der Waals surface area contributed by atoms with Crippen molar-refractivity contribution in [2.45, 2.75) is 20.3 Å². The first-order chi connectivity index (χ1) is 9.24. The second-order valence-electron chi connectivity index (χ2n) is 5.06. The first-order valence-electron chi connectivity index (χ1n) is 7.42. The Hall–Kier alpha value is -0.810. The highest BCUT2D eigenvalue weighted by Crippen LogP contribution is 2.16. The van der Waals surface area contributed by atoms with Gasteiger partial charge in [0.1, 0.15) is 0 Å². The Morgan fingerprint density at radius 1 is 1.42 bits per heavy atom.